The molecular weight excluding hydrogens is 276 g/mol. The number of thioether (sulfide) groups is 1. The quantitative estimate of drug-likeness (QED) is 0.647. The van der Waals surface area contributed by atoms with E-state index in [9.17, 15) is 0 Å². The van der Waals surface area contributed by atoms with Crippen LogP contribution in [0.4, 0.5) is 17.3 Å². The number of nitrogens with zero attached hydrogens (tertiary/aromatic N) is 2. The predicted octanol–water partition coefficient (Wildman–Crippen LogP) is 2.54. The fourth-order valence-corrected chi connectivity index (χ4v) is 2.05. The third-order valence-corrected chi connectivity index (χ3v) is 3.11. The number of ether oxygens (including phenoxy) is 2. The zero-order valence-electron chi connectivity index (χ0n) is 11.5. The summed E-state index contributed by atoms with van der Waals surface area (Å²) in [6.07, 6.45) is 1.90. The number of aromatic nitrogens is 2. The van der Waals surface area contributed by atoms with Crippen LogP contribution in [0.3, 0.4) is 0 Å². The molecule has 3 N–H and O–H groups in total. The lowest BCUT2D eigenvalue weighted by Gasteiger charge is -2.11. The molecule has 0 atom stereocenters. The van der Waals surface area contributed by atoms with Gasteiger partial charge in [0, 0.05) is 17.8 Å². The second-order valence-corrected chi connectivity index (χ2v) is 4.63. The Morgan fingerprint density at radius 3 is 2.50 bits per heavy atom. The fraction of sp³-hybridized carbons (Fsp3) is 0.231. The predicted molar refractivity (Wildman–Crippen MR) is 81.1 cm³/mol. The summed E-state index contributed by atoms with van der Waals surface area (Å²) in [4.78, 5) is 8.43. The van der Waals surface area contributed by atoms with Crippen molar-refractivity contribution in [3.05, 3.63) is 24.3 Å². The molecule has 7 heteroatoms. The lowest BCUT2D eigenvalue weighted by atomic mass is 10.2. The van der Waals surface area contributed by atoms with Crippen molar-refractivity contribution in [2.45, 2.75) is 5.16 Å². The average Bonchev–Trinajstić information content (AvgIpc) is 2.46. The maximum atomic E-state index is 5.74. The number of anilines is 3. The third kappa shape index (κ3) is 3.24. The Morgan fingerprint density at radius 1 is 1.10 bits per heavy atom. The molecule has 0 spiro atoms. The van der Waals surface area contributed by atoms with Gasteiger partial charge in [0.15, 0.2) is 16.7 Å². The van der Waals surface area contributed by atoms with Crippen molar-refractivity contribution in [2.75, 3.05) is 31.5 Å². The monoisotopic (exact) mass is 292 g/mol. The zero-order chi connectivity index (χ0) is 14.5. The molecule has 106 valence electrons. The van der Waals surface area contributed by atoms with E-state index in [0.717, 1.165) is 5.69 Å². The number of nitrogen functional groups attached to an aromatic ring is 1. The number of hydrogen-bond acceptors (Lipinski definition) is 7. The molecule has 0 saturated carbocycles. The molecule has 1 aromatic heterocycles. The Balaban J connectivity index is 2.27. The average molecular weight is 292 g/mol. The summed E-state index contributed by atoms with van der Waals surface area (Å²) in [5.74, 6) is 2.37. The highest BCUT2D eigenvalue weighted by atomic mass is 32.2. The van der Waals surface area contributed by atoms with Gasteiger partial charge in [-0.1, -0.05) is 11.8 Å². The molecule has 0 aliphatic heterocycles. The first kappa shape index (κ1) is 14.3. The van der Waals surface area contributed by atoms with Crippen LogP contribution in [0.25, 0.3) is 0 Å². The molecule has 0 radical (unpaired) electrons. The van der Waals surface area contributed by atoms with E-state index in [2.05, 4.69) is 15.3 Å². The second kappa shape index (κ2) is 6.33. The van der Waals surface area contributed by atoms with Crippen LogP contribution in [-0.2, 0) is 0 Å². The first-order chi connectivity index (χ1) is 9.66. The maximum absolute atomic E-state index is 5.74. The Kier molecular flexibility index (Phi) is 4.52. The summed E-state index contributed by atoms with van der Waals surface area (Å²) >= 11 is 1.43. The second-order valence-electron chi connectivity index (χ2n) is 3.86. The van der Waals surface area contributed by atoms with Gasteiger partial charge in [-0.3, -0.25) is 0 Å². The smallest absolute Gasteiger partial charge is 0.191 e. The van der Waals surface area contributed by atoms with E-state index in [-0.39, 0.29) is 0 Å². The first-order valence-electron chi connectivity index (χ1n) is 5.84. The molecule has 0 bridgehead atoms. The molecule has 0 saturated heterocycles. The maximum Gasteiger partial charge on any atom is 0.191 e. The van der Waals surface area contributed by atoms with Crippen LogP contribution in [0, 0.1) is 0 Å². The standard InChI is InChI=1S/C13H16N4O2S/c1-18-9-5-4-8(6-10(9)19-2)15-12-7-11(14)16-13(17-12)20-3/h4-7H,1-3H3,(H3,14,15,16,17). The molecule has 0 aliphatic rings. The molecule has 2 aromatic rings. The number of rotatable bonds is 5. The fourth-order valence-electron chi connectivity index (χ4n) is 1.66. The summed E-state index contributed by atoms with van der Waals surface area (Å²) in [6, 6.07) is 7.20. The van der Waals surface area contributed by atoms with E-state index in [4.69, 9.17) is 15.2 Å². The van der Waals surface area contributed by atoms with E-state index in [1.807, 2.05) is 24.5 Å². The van der Waals surface area contributed by atoms with E-state index in [1.165, 1.54) is 11.8 Å². The summed E-state index contributed by atoms with van der Waals surface area (Å²) in [6.45, 7) is 0. The molecule has 1 heterocycles. The van der Waals surface area contributed by atoms with Crippen molar-refractivity contribution < 1.29 is 9.47 Å². The summed E-state index contributed by atoms with van der Waals surface area (Å²) in [5, 5.41) is 3.78. The van der Waals surface area contributed by atoms with Gasteiger partial charge in [0.2, 0.25) is 0 Å². The van der Waals surface area contributed by atoms with Crippen molar-refractivity contribution in [2.24, 2.45) is 0 Å². The molecule has 20 heavy (non-hydrogen) atoms. The highest BCUT2D eigenvalue weighted by Gasteiger charge is 2.06. The Bertz CT molecular complexity index is 607. The molecule has 0 unspecified atom stereocenters. The van der Waals surface area contributed by atoms with Gasteiger partial charge in [0.05, 0.1) is 14.2 Å². The van der Waals surface area contributed by atoms with Gasteiger partial charge in [-0.15, -0.1) is 0 Å². The Labute approximate surface area is 121 Å². The van der Waals surface area contributed by atoms with Crippen LogP contribution in [0.2, 0.25) is 0 Å². The van der Waals surface area contributed by atoms with Crippen molar-refractivity contribution in [1.82, 2.24) is 9.97 Å². The third-order valence-electron chi connectivity index (χ3n) is 2.56. The van der Waals surface area contributed by atoms with E-state index in [1.54, 1.807) is 20.3 Å². The van der Waals surface area contributed by atoms with Crippen LogP contribution in [0.15, 0.2) is 29.4 Å². The number of nitrogens with one attached hydrogen (secondary N) is 1. The highest BCUT2D eigenvalue weighted by molar-refractivity contribution is 7.98. The molecular formula is C13H16N4O2S. The lowest BCUT2D eigenvalue weighted by Crippen LogP contribution is -2.00. The van der Waals surface area contributed by atoms with Gasteiger partial charge >= 0.3 is 0 Å². The normalized spacial score (nSPS) is 10.2. The summed E-state index contributed by atoms with van der Waals surface area (Å²) < 4.78 is 10.5. The van der Waals surface area contributed by atoms with E-state index in [0.29, 0.717) is 28.3 Å². The van der Waals surface area contributed by atoms with Gasteiger partial charge in [-0.2, -0.15) is 0 Å². The minimum atomic E-state index is 0.423. The zero-order valence-corrected chi connectivity index (χ0v) is 12.3. The SMILES string of the molecule is COc1ccc(Nc2cc(N)nc(SC)n2)cc1OC. The van der Waals surface area contributed by atoms with Crippen molar-refractivity contribution in [3.8, 4) is 11.5 Å². The van der Waals surface area contributed by atoms with Crippen LogP contribution in [-0.4, -0.2) is 30.4 Å². The van der Waals surface area contributed by atoms with Crippen LogP contribution in [0.5, 0.6) is 11.5 Å². The number of methoxy groups -OCH3 is 2. The van der Waals surface area contributed by atoms with Gasteiger partial charge in [0.1, 0.15) is 11.6 Å². The Hall–Kier alpha value is -2.15. The van der Waals surface area contributed by atoms with Gasteiger partial charge in [0.25, 0.3) is 0 Å². The topological polar surface area (TPSA) is 82.3 Å². The molecule has 1 aromatic carbocycles. The van der Waals surface area contributed by atoms with Gasteiger partial charge < -0.3 is 20.5 Å². The van der Waals surface area contributed by atoms with Crippen molar-refractivity contribution >= 4 is 29.1 Å². The van der Waals surface area contributed by atoms with E-state index >= 15 is 0 Å². The largest absolute Gasteiger partial charge is 0.493 e. The molecule has 0 fully saturated rings. The van der Waals surface area contributed by atoms with Crippen LogP contribution < -0.4 is 20.5 Å². The lowest BCUT2D eigenvalue weighted by molar-refractivity contribution is 0.355. The number of hydrogen-bond donors (Lipinski definition) is 2. The van der Waals surface area contributed by atoms with E-state index < -0.39 is 0 Å². The van der Waals surface area contributed by atoms with Crippen molar-refractivity contribution in [3.63, 3.8) is 0 Å². The molecule has 6 nitrogen and oxygen atoms in total. The first-order valence-corrected chi connectivity index (χ1v) is 7.06. The van der Waals surface area contributed by atoms with Crippen molar-refractivity contribution in [1.29, 1.82) is 0 Å². The van der Waals surface area contributed by atoms with Crippen LogP contribution >= 0.6 is 11.8 Å². The van der Waals surface area contributed by atoms with Gasteiger partial charge in [-0.25, -0.2) is 9.97 Å². The van der Waals surface area contributed by atoms with Crippen LogP contribution in [0.1, 0.15) is 0 Å². The molecule has 2 rings (SSSR count). The number of nitrogens with two attached hydrogens (primary N) is 1. The minimum absolute atomic E-state index is 0.423. The number of benzene rings is 1. The minimum Gasteiger partial charge on any atom is -0.493 e. The van der Waals surface area contributed by atoms with Gasteiger partial charge in [-0.05, 0) is 18.4 Å². The summed E-state index contributed by atoms with van der Waals surface area (Å²) in [5.41, 5.74) is 6.57. The Morgan fingerprint density at radius 2 is 1.85 bits per heavy atom. The molecule has 0 amide bonds. The molecule has 0 aliphatic carbocycles. The summed E-state index contributed by atoms with van der Waals surface area (Å²) in [7, 11) is 3.19. The highest BCUT2D eigenvalue weighted by Crippen LogP contribution is 2.31.